The van der Waals surface area contributed by atoms with Crippen molar-refractivity contribution >= 4 is 17.9 Å². The summed E-state index contributed by atoms with van der Waals surface area (Å²) in [6.45, 7) is 1.62. The van der Waals surface area contributed by atoms with Crippen LogP contribution >= 0.6 is 0 Å². The van der Waals surface area contributed by atoms with Crippen LogP contribution in [0.5, 0.6) is 0 Å². The average Bonchev–Trinajstić information content (AvgIpc) is 2.50. The van der Waals surface area contributed by atoms with Crippen molar-refractivity contribution in [2.24, 2.45) is 0 Å². The summed E-state index contributed by atoms with van der Waals surface area (Å²) in [4.78, 5) is 33.5. The van der Waals surface area contributed by atoms with Crippen LogP contribution in [0.2, 0.25) is 0 Å². The first kappa shape index (κ1) is 17.7. The molecule has 0 amide bonds. The van der Waals surface area contributed by atoms with E-state index < -0.39 is 24.0 Å². The van der Waals surface area contributed by atoms with E-state index in [1.165, 1.54) is 0 Å². The van der Waals surface area contributed by atoms with E-state index in [0.29, 0.717) is 18.4 Å². The van der Waals surface area contributed by atoms with Gasteiger partial charge >= 0.3 is 17.9 Å². The molecule has 0 aromatic heterocycles. The molecule has 1 rings (SSSR count). The van der Waals surface area contributed by atoms with Crippen LogP contribution in [0.25, 0.3) is 0 Å². The molecule has 1 N–H and O–H groups in total. The number of carbonyl (C=O) groups is 3. The molecule has 0 aliphatic carbocycles. The Hall–Kier alpha value is -2.37. The van der Waals surface area contributed by atoms with Crippen LogP contribution in [0.15, 0.2) is 30.3 Å². The Balaban J connectivity index is 2.19. The molecule has 0 radical (unpaired) electrons. The maximum atomic E-state index is 11.8. The van der Waals surface area contributed by atoms with Crippen molar-refractivity contribution in [3.63, 3.8) is 0 Å². The molecule has 120 valence electrons. The van der Waals surface area contributed by atoms with E-state index in [-0.39, 0.29) is 19.4 Å². The fraction of sp³-hybridized carbons (Fsp3) is 0.438. The number of benzene rings is 1. The van der Waals surface area contributed by atoms with Crippen LogP contribution in [-0.4, -0.2) is 35.7 Å². The van der Waals surface area contributed by atoms with Crippen LogP contribution in [0.4, 0.5) is 0 Å². The molecule has 0 heterocycles. The van der Waals surface area contributed by atoms with Crippen LogP contribution in [0, 0.1) is 0 Å². The normalized spacial score (nSPS) is 11.5. The third-order valence-corrected chi connectivity index (χ3v) is 2.82. The number of unbranched alkanes of at least 4 members (excludes halogenated alkanes) is 1. The lowest BCUT2D eigenvalue weighted by Gasteiger charge is -2.13. The second kappa shape index (κ2) is 9.55. The summed E-state index contributed by atoms with van der Waals surface area (Å²) in [6, 6.07) is 8.55. The van der Waals surface area contributed by atoms with Gasteiger partial charge in [0.2, 0.25) is 0 Å². The minimum Gasteiger partial charge on any atom is -0.481 e. The number of hydrogen-bond donors (Lipinski definition) is 1. The molecule has 0 aliphatic heterocycles. The molecule has 1 aromatic carbocycles. The van der Waals surface area contributed by atoms with Gasteiger partial charge in [-0.15, -0.1) is 0 Å². The molecule has 22 heavy (non-hydrogen) atoms. The Kier molecular flexibility index (Phi) is 7.67. The largest absolute Gasteiger partial charge is 0.481 e. The Morgan fingerprint density at radius 3 is 2.36 bits per heavy atom. The van der Waals surface area contributed by atoms with Gasteiger partial charge in [0.25, 0.3) is 0 Å². The average molecular weight is 308 g/mol. The highest BCUT2D eigenvalue weighted by molar-refractivity contribution is 5.89. The monoisotopic (exact) mass is 308 g/mol. The van der Waals surface area contributed by atoms with Crippen molar-refractivity contribution in [1.82, 2.24) is 0 Å². The molecule has 0 spiro atoms. The topological polar surface area (TPSA) is 89.9 Å². The van der Waals surface area contributed by atoms with Gasteiger partial charge in [0.05, 0.1) is 5.56 Å². The molecular weight excluding hydrogens is 288 g/mol. The van der Waals surface area contributed by atoms with E-state index in [4.69, 9.17) is 14.6 Å². The first-order valence-electron chi connectivity index (χ1n) is 7.12. The molecule has 1 unspecified atom stereocenters. The van der Waals surface area contributed by atoms with E-state index >= 15 is 0 Å². The molecule has 1 aromatic rings. The zero-order valence-electron chi connectivity index (χ0n) is 12.5. The summed E-state index contributed by atoms with van der Waals surface area (Å²) >= 11 is 0. The second-order valence-electron chi connectivity index (χ2n) is 4.87. The quantitative estimate of drug-likeness (QED) is 0.556. The van der Waals surface area contributed by atoms with E-state index in [0.717, 1.165) is 0 Å². The number of carbonyl (C=O) groups excluding carboxylic acids is 2. The molecule has 0 saturated heterocycles. The lowest BCUT2D eigenvalue weighted by Crippen LogP contribution is -2.22. The van der Waals surface area contributed by atoms with E-state index in [1.807, 2.05) is 0 Å². The molecule has 6 nitrogen and oxygen atoms in total. The van der Waals surface area contributed by atoms with E-state index in [9.17, 15) is 14.4 Å². The molecular formula is C16H20O6. The first-order valence-corrected chi connectivity index (χ1v) is 7.12. The molecule has 0 saturated carbocycles. The van der Waals surface area contributed by atoms with Crippen LogP contribution in [-0.2, 0) is 19.1 Å². The highest BCUT2D eigenvalue weighted by Gasteiger charge is 2.13. The van der Waals surface area contributed by atoms with E-state index in [1.54, 1.807) is 37.3 Å². The smallest absolute Gasteiger partial charge is 0.338 e. The van der Waals surface area contributed by atoms with Crippen molar-refractivity contribution in [1.29, 1.82) is 0 Å². The number of rotatable bonds is 9. The summed E-state index contributed by atoms with van der Waals surface area (Å²) in [5.74, 6) is -1.77. The Labute approximate surface area is 129 Å². The minimum absolute atomic E-state index is 0.0175. The third kappa shape index (κ3) is 7.42. The zero-order valence-corrected chi connectivity index (χ0v) is 12.5. The van der Waals surface area contributed by atoms with Gasteiger partial charge in [0.15, 0.2) is 0 Å². The molecule has 0 bridgehead atoms. The standard InChI is InChI=1S/C16H20O6/c1-12(22-16(20)13-7-3-2-4-8-13)11-21-15(19)10-6-5-9-14(17)18/h2-4,7-8,12H,5-6,9-11H2,1H3,(H,17,18). The summed E-state index contributed by atoms with van der Waals surface area (Å²) in [6.07, 6.45) is 0.549. The Bertz CT molecular complexity index is 497. The Morgan fingerprint density at radius 1 is 1.09 bits per heavy atom. The summed E-state index contributed by atoms with van der Waals surface area (Å²) in [5.41, 5.74) is 0.439. The second-order valence-corrected chi connectivity index (χ2v) is 4.87. The number of carboxylic acid groups (broad SMARTS) is 1. The lowest BCUT2D eigenvalue weighted by molar-refractivity contribution is -0.147. The third-order valence-electron chi connectivity index (χ3n) is 2.82. The molecule has 0 fully saturated rings. The van der Waals surface area contributed by atoms with Gasteiger partial charge in [-0.05, 0) is 31.9 Å². The van der Waals surface area contributed by atoms with Gasteiger partial charge < -0.3 is 14.6 Å². The maximum absolute atomic E-state index is 11.8. The van der Waals surface area contributed by atoms with Crippen molar-refractivity contribution in [2.45, 2.75) is 38.7 Å². The van der Waals surface area contributed by atoms with Crippen molar-refractivity contribution in [3.8, 4) is 0 Å². The van der Waals surface area contributed by atoms with Crippen LogP contribution in [0.1, 0.15) is 43.0 Å². The van der Waals surface area contributed by atoms with Crippen LogP contribution < -0.4 is 0 Å². The van der Waals surface area contributed by atoms with Crippen molar-refractivity contribution in [2.75, 3.05) is 6.61 Å². The van der Waals surface area contributed by atoms with Crippen molar-refractivity contribution in [3.05, 3.63) is 35.9 Å². The summed E-state index contributed by atoms with van der Waals surface area (Å²) < 4.78 is 10.1. The number of hydrogen-bond acceptors (Lipinski definition) is 5. The molecule has 6 heteroatoms. The number of ether oxygens (including phenoxy) is 2. The van der Waals surface area contributed by atoms with Gasteiger partial charge in [-0.2, -0.15) is 0 Å². The minimum atomic E-state index is -0.880. The predicted molar refractivity (Wildman–Crippen MR) is 78.4 cm³/mol. The Morgan fingerprint density at radius 2 is 1.73 bits per heavy atom. The number of carboxylic acids is 1. The van der Waals surface area contributed by atoms with Crippen LogP contribution in [0.3, 0.4) is 0 Å². The summed E-state index contributed by atoms with van der Waals surface area (Å²) in [5, 5.41) is 8.47. The first-order chi connectivity index (χ1) is 10.5. The van der Waals surface area contributed by atoms with Gasteiger partial charge in [-0.25, -0.2) is 4.79 Å². The van der Waals surface area contributed by atoms with Gasteiger partial charge in [0, 0.05) is 12.8 Å². The van der Waals surface area contributed by atoms with Crippen molar-refractivity contribution < 1.29 is 29.0 Å². The number of aliphatic carboxylic acids is 1. The van der Waals surface area contributed by atoms with Gasteiger partial charge in [-0.1, -0.05) is 18.2 Å². The molecule has 0 aliphatic rings. The maximum Gasteiger partial charge on any atom is 0.338 e. The highest BCUT2D eigenvalue weighted by atomic mass is 16.6. The number of esters is 2. The fourth-order valence-electron chi connectivity index (χ4n) is 1.69. The predicted octanol–water partition coefficient (Wildman–Crippen LogP) is 2.42. The summed E-state index contributed by atoms with van der Waals surface area (Å²) in [7, 11) is 0. The SMILES string of the molecule is CC(COC(=O)CCCCC(=O)O)OC(=O)c1ccccc1. The lowest BCUT2D eigenvalue weighted by atomic mass is 10.2. The highest BCUT2D eigenvalue weighted by Crippen LogP contribution is 2.06. The molecule has 1 atom stereocenters. The zero-order chi connectivity index (χ0) is 16.4. The van der Waals surface area contributed by atoms with E-state index in [2.05, 4.69) is 0 Å². The fourth-order valence-corrected chi connectivity index (χ4v) is 1.69. The van der Waals surface area contributed by atoms with Gasteiger partial charge in [-0.3, -0.25) is 9.59 Å². The van der Waals surface area contributed by atoms with Gasteiger partial charge in [0.1, 0.15) is 12.7 Å².